The fourth-order valence-electron chi connectivity index (χ4n) is 1.55. The number of carbonyl (C=O) groups excluding carboxylic acids is 1. The third kappa shape index (κ3) is 4.71. The van der Waals surface area contributed by atoms with Crippen LogP contribution in [0.2, 0.25) is 0 Å². The van der Waals surface area contributed by atoms with Crippen LogP contribution in [0.4, 0.5) is 5.69 Å². The number of hydrogen-bond donors (Lipinski definition) is 2. The van der Waals surface area contributed by atoms with E-state index >= 15 is 0 Å². The van der Waals surface area contributed by atoms with E-state index in [0.29, 0.717) is 6.54 Å². The molecule has 0 aliphatic heterocycles. The van der Waals surface area contributed by atoms with Crippen molar-refractivity contribution in [1.29, 1.82) is 0 Å². The van der Waals surface area contributed by atoms with Gasteiger partial charge in [-0.2, -0.15) is 0 Å². The first-order valence-corrected chi connectivity index (χ1v) is 6.68. The van der Waals surface area contributed by atoms with E-state index in [1.807, 2.05) is 36.4 Å². The van der Waals surface area contributed by atoms with Crippen molar-refractivity contribution in [3.05, 3.63) is 58.8 Å². The lowest BCUT2D eigenvalue weighted by atomic mass is 10.3. The van der Waals surface area contributed by atoms with Crippen LogP contribution in [-0.4, -0.2) is 17.4 Å². The number of anilines is 1. The lowest BCUT2D eigenvalue weighted by Crippen LogP contribution is -2.29. The maximum Gasteiger partial charge on any atom is 0.239 e. The van der Waals surface area contributed by atoms with Gasteiger partial charge in [0, 0.05) is 29.1 Å². The number of rotatable bonds is 5. The number of nitrogens with zero attached hydrogens (tertiary/aromatic N) is 1. The highest BCUT2D eigenvalue weighted by atomic mass is 79.9. The molecule has 0 unspecified atom stereocenters. The molecule has 2 rings (SSSR count). The van der Waals surface area contributed by atoms with E-state index in [1.165, 1.54) is 0 Å². The summed E-state index contributed by atoms with van der Waals surface area (Å²) in [7, 11) is 0. The Morgan fingerprint density at radius 2 is 2.16 bits per heavy atom. The van der Waals surface area contributed by atoms with Gasteiger partial charge in [0.15, 0.2) is 0 Å². The zero-order chi connectivity index (χ0) is 13.5. The predicted octanol–water partition coefficient (Wildman–Crippen LogP) is 2.57. The fraction of sp³-hybridized carbons (Fsp3) is 0.143. The zero-order valence-electron chi connectivity index (χ0n) is 10.3. The normalized spacial score (nSPS) is 9.95. The van der Waals surface area contributed by atoms with Crippen molar-refractivity contribution in [2.24, 2.45) is 0 Å². The van der Waals surface area contributed by atoms with Gasteiger partial charge in [0.2, 0.25) is 5.91 Å². The molecule has 1 heterocycles. The molecule has 1 amide bonds. The third-order valence-corrected chi connectivity index (χ3v) is 2.98. The van der Waals surface area contributed by atoms with Crippen molar-refractivity contribution < 1.29 is 4.79 Å². The van der Waals surface area contributed by atoms with E-state index in [0.717, 1.165) is 15.7 Å². The van der Waals surface area contributed by atoms with E-state index in [1.54, 1.807) is 12.4 Å². The second kappa shape index (κ2) is 6.89. The SMILES string of the molecule is O=C(CNc1cccc(Br)c1)NCc1cccnc1. The molecule has 2 aromatic rings. The number of pyridine rings is 1. The molecule has 98 valence electrons. The van der Waals surface area contributed by atoms with Crippen LogP contribution in [0.3, 0.4) is 0 Å². The number of amides is 1. The van der Waals surface area contributed by atoms with E-state index in [9.17, 15) is 4.79 Å². The highest BCUT2D eigenvalue weighted by molar-refractivity contribution is 9.10. The molecule has 0 aliphatic carbocycles. The second-order valence-corrected chi connectivity index (χ2v) is 4.92. The van der Waals surface area contributed by atoms with Gasteiger partial charge in [-0.1, -0.05) is 28.1 Å². The van der Waals surface area contributed by atoms with Gasteiger partial charge in [-0.05, 0) is 29.8 Å². The average molecular weight is 320 g/mol. The van der Waals surface area contributed by atoms with E-state index in [-0.39, 0.29) is 12.5 Å². The maximum atomic E-state index is 11.7. The minimum absolute atomic E-state index is 0.0520. The molecule has 1 aromatic heterocycles. The van der Waals surface area contributed by atoms with Crippen LogP contribution >= 0.6 is 15.9 Å². The van der Waals surface area contributed by atoms with Gasteiger partial charge in [-0.25, -0.2) is 0 Å². The first kappa shape index (κ1) is 13.5. The highest BCUT2D eigenvalue weighted by Crippen LogP contribution is 2.15. The first-order valence-electron chi connectivity index (χ1n) is 5.89. The minimum atomic E-state index is -0.0520. The molecular weight excluding hydrogens is 306 g/mol. The Labute approximate surface area is 120 Å². The lowest BCUT2D eigenvalue weighted by molar-refractivity contribution is -0.119. The fourth-order valence-corrected chi connectivity index (χ4v) is 1.95. The number of halogens is 1. The highest BCUT2D eigenvalue weighted by Gasteiger charge is 2.01. The number of carbonyl (C=O) groups is 1. The molecule has 19 heavy (non-hydrogen) atoms. The molecule has 4 nitrogen and oxygen atoms in total. The Hall–Kier alpha value is -1.88. The Balaban J connectivity index is 1.76. The largest absolute Gasteiger partial charge is 0.376 e. The minimum Gasteiger partial charge on any atom is -0.376 e. The number of hydrogen-bond acceptors (Lipinski definition) is 3. The standard InChI is InChI=1S/C14H14BrN3O/c15-12-4-1-5-13(7-12)17-10-14(19)18-9-11-3-2-6-16-8-11/h1-8,17H,9-10H2,(H,18,19). The molecule has 0 saturated carbocycles. The third-order valence-electron chi connectivity index (χ3n) is 2.49. The zero-order valence-corrected chi connectivity index (χ0v) is 11.9. The molecular formula is C14H14BrN3O. The maximum absolute atomic E-state index is 11.7. The van der Waals surface area contributed by atoms with Crippen molar-refractivity contribution in [3.63, 3.8) is 0 Å². The van der Waals surface area contributed by atoms with Crippen molar-refractivity contribution in [3.8, 4) is 0 Å². The summed E-state index contributed by atoms with van der Waals surface area (Å²) < 4.78 is 0.980. The number of nitrogens with one attached hydrogen (secondary N) is 2. The van der Waals surface area contributed by atoms with Crippen LogP contribution < -0.4 is 10.6 Å². The average Bonchev–Trinajstić information content (AvgIpc) is 2.44. The molecule has 5 heteroatoms. The van der Waals surface area contributed by atoms with Crippen LogP contribution in [0.1, 0.15) is 5.56 Å². The number of benzene rings is 1. The topological polar surface area (TPSA) is 54.0 Å². The van der Waals surface area contributed by atoms with Gasteiger partial charge >= 0.3 is 0 Å². The Kier molecular flexibility index (Phi) is 4.92. The Morgan fingerprint density at radius 1 is 1.26 bits per heavy atom. The van der Waals surface area contributed by atoms with Crippen molar-refractivity contribution in [2.45, 2.75) is 6.54 Å². The van der Waals surface area contributed by atoms with E-state index < -0.39 is 0 Å². The smallest absolute Gasteiger partial charge is 0.239 e. The monoisotopic (exact) mass is 319 g/mol. The van der Waals surface area contributed by atoms with Crippen LogP contribution in [0.15, 0.2) is 53.3 Å². The Bertz CT molecular complexity index is 545. The number of aromatic nitrogens is 1. The van der Waals surface area contributed by atoms with Crippen molar-refractivity contribution in [1.82, 2.24) is 10.3 Å². The summed E-state index contributed by atoms with van der Waals surface area (Å²) in [5, 5.41) is 5.89. The molecule has 0 aliphatic rings. The van der Waals surface area contributed by atoms with Gasteiger partial charge in [-0.15, -0.1) is 0 Å². The van der Waals surface area contributed by atoms with Gasteiger partial charge in [0.25, 0.3) is 0 Å². The van der Waals surface area contributed by atoms with Gasteiger partial charge < -0.3 is 10.6 Å². The summed E-state index contributed by atoms with van der Waals surface area (Å²) in [6.07, 6.45) is 3.45. The van der Waals surface area contributed by atoms with Crippen LogP contribution in [0.25, 0.3) is 0 Å². The van der Waals surface area contributed by atoms with E-state index in [4.69, 9.17) is 0 Å². The van der Waals surface area contributed by atoms with E-state index in [2.05, 4.69) is 31.5 Å². The lowest BCUT2D eigenvalue weighted by Gasteiger charge is -2.08. The molecule has 0 bridgehead atoms. The Morgan fingerprint density at radius 3 is 2.89 bits per heavy atom. The van der Waals surface area contributed by atoms with Crippen molar-refractivity contribution >= 4 is 27.5 Å². The molecule has 0 radical (unpaired) electrons. The molecule has 0 atom stereocenters. The summed E-state index contributed by atoms with van der Waals surface area (Å²) in [6.45, 7) is 0.740. The summed E-state index contributed by atoms with van der Waals surface area (Å²) in [5.41, 5.74) is 1.89. The summed E-state index contributed by atoms with van der Waals surface area (Å²) in [4.78, 5) is 15.7. The van der Waals surface area contributed by atoms with Crippen LogP contribution in [0, 0.1) is 0 Å². The molecule has 0 fully saturated rings. The van der Waals surface area contributed by atoms with Gasteiger partial charge in [-0.3, -0.25) is 9.78 Å². The first-order chi connectivity index (χ1) is 9.24. The summed E-state index contributed by atoms with van der Waals surface area (Å²) in [6, 6.07) is 11.5. The second-order valence-electron chi connectivity index (χ2n) is 4.00. The molecule has 0 saturated heterocycles. The molecule has 0 spiro atoms. The predicted molar refractivity (Wildman–Crippen MR) is 78.7 cm³/mol. The van der Waals surface area contributed by atoms with Crippen molar-refractivity contribution in [2.75, 3.05) is 11.9 Å². The van der Waals surface area contributed by atoms with Gasteiger partial charge in [0.1, 0.15) is 0 Å². The summed E-state index contributed by atoms with van der Waals surface area (Å²) >= 11 is 3.38. The van der Waals surface area contributed by atoms with Crippen LogP contribution in [0.5, 0.6) is 0 Å². The molecule has 1 aromatic carbocycles. The quantitative estimate of drug-likeness (QED) is 0.890. The van der Waals surface area contributed by atoms with Crippen LogP contribution in [-0.2, 0) is 11.3 Å². The van der Waals surface area contributed by atoms with Gasteiger partial charge in [0.05, 0.1) is 6.54 Å². The molecule has 2 N–H and O–H groups in total. The summed E-state index contributed by atoms with van der Waals surface area (Å²) in [5.74, 6) is -0.0520.